The van der Waals surface area contributed by atoms with E-state index in [1.54, 1.807) is 30.6 Å². The second-order valence-corrected chi connectivity index (χ2v) is 6.18. The summed E-state index contributed by atoms with van der Waals surface area (Å²) in [6, 6.07) is 16.5. The molecule has 3 heterocycles. The lowest BCUT2D eigenvalue weighted by atomic mass is 10.2. The SMILES string of the molecule is Cc1ccccc1OCc1ccc(C(=O)Nc2cc(-c3ccncc3)[nH]n2)o1. The topological polar surface area (TPSA) is 93.0 Å². The molecule has 3 aromatic heterocycles. The number of hydrogen-bond acceptors (Lipinski definition) is 5. The van der Waals surface area contributed by atoms with E-state index in [4.69, 9.17) is 9.15 Å². The van der Waals surface area contributed by atoms with Crippen LogP contribution in [0.25, 0.3) is 11.3 Å². The summed E-state index contributed by atoms with van der Waals surface area (Å²) in [5.41, 5.74) is 2.75. The highest BCUT2D eigenvalue weighted by atomic mass is 16.5. The number of benzene rings is 1. The Morgan fingerprint density at radius 1 is 1.14 bits per heavy atom. The Bertz CT molecular complexity index is 1090. The van der Waals surface area contributed by atoms with E-state index in [1.165, 1.54) is 0 Å². The van der Waals surface area contributed by atoms with Gasteiger partial charge in [0.05, 0.1) is 5.69 Å². The van der Waals surface area contributed by atoms with E-state index in [1.807, 2.05) is 43.3 Å². The molecule has 0 radical (unpaired) electrons. The highest BCUT2D eigenvalue weighted by Crippen LogP contribution is 2.21. The molecule has 0 fully saturated rings. The number of pyridine rings is 1. The van der Waals surface area contributed by atoms with E-state index >= 15 is 0 Å². The number of aromatic nitrogens is 3. The van der Waals surface area contributed by atoms with E-state index in [9.17, 15) is 4.79 Å². The number of aromatic amines is 1. The lowest BCUT2D eigenvalue weighted by molar-refractivity contribution is 0.0992. The van der Waals surface area contributed by atoms with Gasteiger partial charge in [-0.3, -0.25) is 14.9 Å². The molecule has 4 rings (SSSR count). The van der Waals surface area contributed by atoms with Gasteiger partial charge in [-0.25, -0.2) is 0 Å². The highest BCUT2D eigenvalue weighted by molar-refractivity contribution is 6.01. The summed E-state index contributed by atoms with van der Waals surface area (Å²) < 4.78 is 11.3. The Balaban J connectivity index is 1.38. The van der Waals surface area contributed by atoms with Crippen LogP contribution in [0.2, 0.25) is 0 Å². The van der Waals surface area contributed by atoms with Crippen molar-refractivity contribution in [2.75, 3.05) is 5.32 Å². The molecule has 0 aliphatic heterocycles. The number of amides is 1. The Morgan fingerprint density at radius 3 is 2.79 bits per heavy atom. The maximum absolute atomic E-state index is 12.4. The molecule has 0 aliphatic rings. The number of nitrogens with zero attached hydrogens (tertiary/aromatic N) is 2. The van der Waals surface area contributed by atoms with E-state index in [0.29, 0.717) is 11.6 Å². The number of aryl methyl sites for hydroxylation is 1. The van der Waals surface area contributed by atoms with Crippen molar-refractivity contribution in [3.05, 3.63) is 84.1 Å². The summed E-state index contributed by atoms with van der Waals surface area (Å²) in [7, 11) is 0. The first kappa shape index (κ1) is 17.5. The molecule has 1 aromatic carbocycles. The van der Waals surface area contributed by atoms with Crippen LogP contribution in [0.5, 0.6) is 5.75 Å². The average molecular weight is 374 g/mol. The van der Waals surface area contributed by atoms with E-state index in [-0.39, 0.29) is 18.3 Å². The second kappa shape index (κ2) is 7.79. The summed E-state index contributed by atoms with van der Waals surface area (Å²) in [6.45, 7) is 2.22. The summed E-state index contributed by atoms with van der Waals surface area (Å²) in [5.74, 6) is 1.57. The number of carbonyl (C=O) groups is 1. The van der Waals surface area contributed by atoms with E-state index in [0.717, 1.165) is 22.6 Å². The van der Waals surface area contributed by atoms with Crippen LogP contribution in [0.15, 0.2) is 71.4 Å². The van der Waals surface area contributed by atoms with Crippen molar-refractivity contribution in [1.82, 2.24) is 15.2 Å². The predicted molar refractivity (Wildman–Crippen MR) is 104 cm³/mol. The molecule has 0 atom stereocenters. The van der Waals surface area contributed by atoms with Crippen LogP contribution in [0.3, 0.4) is 0 Å². The fourth-order valence-electron chi connectivity index (χ4n) is 2.69. The summed E-state index contributed by atoms with van der Waals surface area (Å²) >= 11 is 0. The van der Waals surface area contributed by atoms with Crippen molar-refractivity contribution in [3.8, 4) is 17.0 Å². The maximum atomic E-state index is 12.4. The van der Waals surface area contributed by atoms with E-state index in [2.05, 4.69) is 20.5 Å². The van der Waals surface area contributed by atoms with Gasteiger partial charge in [-0.05, 0) is 42.8 Å². The molecule has 0 unspecified atom stereocenters. The van der Waals surface area contributed by atoms with Gasteiger partial charge in [-0.2, -0.15) is 5.10 Å². The molecule has 0 spiro atoms. The van der Waals surface area contributed by atoms with Crippen molar-refractivity contribution in [1.29, 1.82) is 0 Å². The minimum atomic E-state index is -0.380. The van der Waals surface area contributed by atoms with Gasteiger partial charge in [-0.1, -0.05) is 18.2 Å². The number of hydrogen-bond donors (Lipinski definition) is 2. The Morgan fingerprint density at radius 2 is 1.96 bits per heavy atom. The molecule has 2 N–H and O–H groups in total. The van der Waals surface area contributed by atoms with Gasteiger partial charge in [0.2, 0.25) is 0 Å². The van der Waals surface area contributed by atoms with Crippen LogP contribution in [-0.4, -0.2) is 21.1 Å². The highest BCUT2D eigenvalue weighted by Gasteiger charge is 2.14. The van der Waals surface area contributed by atoms with Crippen LogP contribution in [0.1, 0.15) is 21.9 Å². The fraction of sp³-hybridized carbons (Fsp3) is 0.0952. The summed E-state index contributed by atoms with van der Waals surface area (Å²) in [5, 5.41) is 9.70. The van der Waals surface area contributed by atoms with Crippen LogP contribution >= 0.6 is 0 Å². The van der Waals surface area contributed by atoms with Crippen LogP contribution in [-0.2, 0) is 6.61 Å². The first-order valence-corrected chi connectivity index (χ1v) is 8.73. The first-order chi connectivity index (χ1) is 13.7. The third kappa shape index (κ3) is 3.93. The molecule has 0 bridgehead atoms. The predicted octanol–water partition coefficient (Wildman–Crippen LogP) is 4.20. The number of carbonyl (C=O) groups excluding carboxylic acids is 1. The second-order valence-electron chi connectivity index (χ2n) is 6.18. The van der Waals surface area contributed by atoms with Gasteiger partial charge in [0, 0.05) is 24.0 Å². The minimum Gasteiger partial charge on any atom is -0.485 e. The number of H-pyrrole nitrogens is 1. The van der Waals surface area contributed by atoms with Gasteiger partial charge in [0.25, 0.3) is 5.91 Å². The van der Waals surface area contributed by atoms with Crippen molar-refractivity contribution < 1.29 is 13.9 Å². The lowest BCUT2D eigenvalue weighted by Gasteiger charge is -2.06. The van der Waals surface area contributed by atoms with Crippen molar-refractivity contribution in [3.63, 3.8) is 0 Å². The molecular formula is C21H18N4O3. The Labute approximate surface area is 161 Å². The zero-order valence-corrected chi connectivity index (χ0v) is 15.2. The molecule has 7 nitrogen and oxygen atoms in total. The number of ether oxygens (including phenoxy) is 1. The monoisotopic (exact) mass is 374 g/mol. The average Bonchev–Trinajstić information content (AvgIpc) is 3.38. The largest absolute Gasteiger partial charge is 0.485 e. The molecule has 1 amide bonds. The minimum absolute atomic E-state index is 0.192. The van der Waals surface area contributed by atoms with Gasteiger partial charge in [0.15, 0.2) is 11.6 Å². The van der Waals surface area contributed by atoms with Crippen molar-refractivity contribution in [2.24, 2.45) is 0 Å². The van der Waals surface area contributed by atoms with Crippen LogP contribution < -0.4 is 10.1 Å². The third-order valence-corrected chi connectivity index (χ3v) is 4.16. The number of anilines is 1. The Hall–Kier alpha value is -3.87. The molecular weight excluding hydrogens is 356 g/mol. The normalized spacial score (nSPS) is 10.6. The maximum Gasteiger partial charge on any atom is 0.292 e. The lowest BCUT2D eigenvalue weighted by Crippen LogP contribution is -2.11. The number of furan rings is 1. The van der Waals surface area contributed by atoms with Crippen LogP contribution in [0.4, 0.5) is 5.82 Å². The molecule has 0 saturated carbocycles. The smallest absolute Gasteiger partial charge is 0.292 e. The standard InChI is InChI=1S/C21H18N4O3/c1-14-4-2-3-5-18(14)27-13-16-6-7-19(28-16)21(26)23-20-12-17(24-25-20)15-8-10-22-11-9-15/h2-12H,13H2,1H3,(H2,23,24,25,26). The van der Waals surface area contributed by atoms with Crippen molar-refractivity contribution in [2.45, 2.75) is 13.5 Å². The zero-order valence-electron chi connectivity index (χ0n) is 15.2. The van der Waals surface area contributed by atoms with Gasteiger partial charge >= 0.3 is 0 Å². The number of rotatable bonds is 6. The third-order valence-electron chi connectivity index (χ3n) is 4.16. The number of para-hydroxylation sites is 1. The van der Waals surface area contributed by atoms with Crippen LogP contribution in [0, 0.1) is 6.92 Å². The Kier molecular flexibility index (Phi) is 4.88. The van der Waals surface area contributed by atoms with Gasteiger partial charge < -0.3 is 14.5 Å². The summed E-state index contributed by atoms with van der Waals surface area (Å²) in [6.07, 6.45) is 3.38. The number of nitrogens with one attached hydrogen (secondary N) is 2. The zero-order chi connectivity index (χ0) is 19.3. The molecule has 4 aromatic rings. The molecule has 0 aliphatic carbocycles. The molecule has 7 heteroatoms. The van der Waals surface area contributed by atoms with Gasteiger partial charge in [0.1, 0.15) is 18.1 Å². The van der Waals surface area contributed by atoms with Gasteiger partial charge in [-0.15, -0.1) is 0 Å². The van der Waals surface area contributed by atoms with Crippen molar-refractivity contribution >= 4 is 11.7 Å². The molecule has 0 saturated heterocycles. The molecule has 28 heavy (non-hydrogen) atoms. The fourth-order valence-corrected chi connectivity index (χ4v) is 2.69. The van der Waals surface area contributed by atoms with E-state index < -0.39 is 0 Å². The molecule has 140 valence electrons. The summed E-state index contributed by atoms with van der Waals surface area (Å²) in [4.78, 5) is 16.4. The quantitative estimate of drug-likeness (QED) is 0.527. The first-order valence-electron chi connectivity index (χ1n) is 8.73.